The first-order valence-corrected chi connectivity index (χ1v) is 10.9. The molecule has 0 fully saturated rings. The molecule has 0 saturated heterocycles. The van der Waals surface area contributed by atoms with Crippen LogP contribution < -0.4 is 0 Å². The number of hydrogen-bond donors (Lipinski definition) is 0. The predicted octanol–water partition coefficient (Wildman–Crippen LogP) is 2.06. The SMILES string of the molecule is CN(C)Cc1c(CN(C)C)c(CN(C)C)c(CN(C)C)c(CN(C)C)c1CN(C)C. The Labute approximate surface area is 187 Å². The molecule has 174 valence electrons. The molecule has 1 aromatic rings. The van der Waals surface area contributed by atoms with Crippen molar-refractivity contribution < 1.29 is 0 Å². The van der Waals surface area contributed by atoms with E-state index in [1.807, 2.05) is 0 Å². The summed E-state index contributed by atoms with van der Waals surface area (Å²) in [4.78, 5) is 13.9. The predicted molar refractivity (Wildman–Crippen MR) is 131 cm³/mol. The van der Waals surface area contributed by atoms with Crippen molar-refractivity contribution in [2.45, 2.75) is 39.3 Å². The van der Waals surface area contributed by atoms with Gasteiger partial charge in [0.1, 0.15) is 0 Å². The van der Waals surface area contributed by atoms with Crippen molar-refractivity contribution >= 4 is 0 Å². The van der Waals surface area contributed by atoms with Crippen molar-refractivity contribution in [2.75, 3.05) is 84.6 Å². The van der Waals surface area contributed by atoms with Gasteiger partial charge in [0.15, 0.2) is 0 Å². The van der Waals surface area contributed by atoms with E-state index >= 15 is 0 Å². The van der Waals surface area contributed by atoms with Gasteiger partial charge in [0, 0.05) is 39.3 Å². The minimum absolute atomic E-state index is 0.968. The van der Waals surface area contributed by atoms with Crippen LogP contribution in [-0.4, -0.2) is 114 Å². The smallest absolute Gasteiger partial charge is 0.0234 e. The molecule has 6 nitrogen and oxygen atoms in total. The van der Waals surface area contributed by atoms with Gasteiger partial charge in [-0.25, -0.2) is 0 Å². The highest BCUT2D eigenvalue weighted by atomic mass is 15.1. The van der Waals surface area contributed by atoms with Gasteiger partial charge in [-0.3, -0.25) is 0 Å². The van der Waals surface area contributed by atoms with Crippen LogP contribution in [0.5, 0.6) is 0 Å². The standard InChI is InChI=1S/C24H48N6/c1-25(2)13-19-20(14-26(3)4)22(16-28(7)8)24(18-30(11)12)23(17-29(9)10)21(19)15-27(5)6/h13-18H2,1-12H3. The van der Waals surface area contributed by atoms with Gasteiger partial charge in [0.2, 0.25) is 0 Å². The van der Waals surface area contributed by atoms with Crippen LogP contribution in [0.1, 0.15) is 33.4 Å². The molecule has 0 N–H and O–H groups in total. The van der Waals surface area contributed by atoms with Gasteiger partial charge in [-0.15, -0.1) is 0 Å². The molecular weight excluding hydrogens is 372 g/mol. The highest BCUT2D eigenvalue weighted by Gasteiger charge is 2.25. The minimum atomic E-state index is 0.968. The van der Waals surface area contributed by atoms with Gasteiger partial charge in [0.25, 0.3) is 0 Å². The summed E-state index contributed by atoms with van der Waals surface area (Å²) in [6.07, 6.45) is 0. The van der Waals surface area contributed by atoms with Crippen molar-refractivity contribution in [3.63, 3.8) is 0 Å². The summed E-state index contributed by atoms with van der Waals surface area (Å²) in [6, 6.07) is 0. The number of rotatable bonds is 12. The minimum Gasteiger partial charge on any atom is -0.305 e. The zero-order valence-electron chi connectivity index (χ0n) is 21.9. The van der Waals surface area contributed by atoms with Crippen LogP contribution in [-0.2, 0) is 39.3 Å². The maximum Gasteiger partial charge on any atom is 0.0234 e. The van der Waals surface area contributed by atoms with Gasteiger partial charge < -0.3 is 29.4 Å². The second-order valence-corrected chi connectivity index (χ2v) is 10.3. The lowest BCUT2D eigenvalue weighted by molar-refractivity contribution is 0.342. The van der Waals surface area contributed by atoms with Crippen LogP contribution in [0.2, 0.25) is 0 Å². The summed E-state index contributed by atoms with van der Waals surface area (Å²) in [5.41, 5.74) is 9.08. The van der Waals surface area contributed by atoms with Crippen molar-refractivity contribution in [3.8, 4) is 0 Å². The molecule has 0 aromatic heterocycles. The average Bonchev–Trinajstić information content (AvgIpc) is 2.55. The normalized spacial score (nSPS) is 12.6. The number of benzene rings is 1. The van der Waals surface area contributed by atoms with Crippen LogP contribution in [0.3, 0.4) is 0 Å². The topological polar surface area (TPSA) is 19.4 Å². The number of hydrogen-bond acceptors (Lipinski definition) is 6. The summed E-state index contributed by atoms with van der Waals surface area (Å²) in [5.74, 6) is 0. The van der Waals surface area contributed by atoms with E-state index in [4.69, 9.17) is 0 Å². The Kier molecular flexibility index (Phi) is 10.9. The van der Waals surface area contributed by atoms with Crippen LogP contribution in [0.4, 0.5) is 0 Å². The molecular formula is C24H48N6. The molecule has 0 aliphatic carbocycles. The Morgan fingerprint density at radius 2 is 0.367 bits per heavy atom. The van der Waals surface area contributed by atoms with Crippen LogP contribution in [0, 0.1) is 0 Å². The highest BCUT2D eigenvalue weighted by molar-refractivity contribution is 5.52. The molecule has 0 bridgehead atoms. The maximum atomic E-state index is 2.32. The van der Waals surface area contributed by atoms with E-state index in [0.717, 1.165) is 39.3 Å². The van der Waals surface area contributed by atoms with E-state index in [1.165, 1.54) is 33.4 Å². The first-order chi connectivity index (χ1) is 13.8. The zero-order valence-corrected chi connectivity index (χ0v) is 21.9. The summed E-state index contributed by atoms with van der Waals surface area (Å²) in [5, 5.41) is 0. The quantitative estimate of drug-likeness (QED) is 0.512. The summed E-state index contributed by atoms with van der Waals surface area (Å²) in [7, 11) is 26.2. The van der Waals surface area contributed by atoms with E-state index in [1.54, 1.807) is 0 Å². The van der Waals surface area contributed by atoms with Gasteiger partial charge >= 0.3 is 0 Å². The maximum absolute atomic E-state index is 2.32. The first kappa shape index (κ1) is 27.0. The third-order valence-electron chi connectivity index (χ3n) is 5.03. The molecule has 6 heteroatoms. The fraction of sp³-hybridized carbons (Fsp3) is 0.750. The molecule has 0 unspecified atom stereocenters. The van der Waals surface area contributed by atoms with Crippen molar-refractivity contribution in [2.24, 2.45) is 0 Å². The van der Waals surface area contributed by atoms with Crippen LogP contribution >= 0.6 is 0 Å². The second kappa shape index (κ2) is 12.1. The molecule has 0 heterocycles. The Hall–Kier alpha value is -1.02. The van der Waals surface area contributed by atoms with Gasteiger partial charge in [0.05, 0.1) is 0 Å². The lowest BCUT2D eigenvalue weighted by Gasteiger charge is -2.33. The largest absolute Gasteiger partial charge is 0.305 e. The molecule has 0 atom stereocenters. The Morgan fingerprint density at radius 3 is 0.433 bits per heavy atom. The summed E-state index contributed by atoms with van der Waals surface area (Å²) < 4.78 is 0. The monoisotopic (exact) mass is 420 g/mol. The van der Waals surface area contributed by atoms with Crippen LogP contribution in [0.25, 0.3) is 0 Å². The third-order valence-corrected chi connectivity index (χ3v) is 5.03. The molecule has 0 amide bonds. The van der Waals surface area contributed by atoms with E-state index in [-0.39, 0.29) is 0 Å². The second-order valence-electron chi connectivity index (χ2n) is 10.3. The van der Waals surface area contributed by atoms with Crippen molar-refractivity contribution in [1.29, 1.82) is 0 Å². The molecule has 0 aliphatic rings. The average molecular weight is 421 g/mol. The lowest BCUT2D eigenvalue weighted by Crippen LogP contribution is -2.29. The fourth-order valence-corrected chi connectivity index (χ4v) is 4.14. The molecule has 0 aliphatic heterocycles. The van der Waals surface area contributed by atoms with Crippen molar-refractivity contribution in [3.05, 3.63) is 33.4 Å². The van der Waals surface area contributed by atoms with Gasteiger partial charge in [-0.1, -0.05) is 0 Å². The van der Waals surface area contributed by atoms with Crippen molar-refractivity contribution in [1.82, 2.24) is 29.4 Å². The lowest BCUT2D eigenvalue weighted by atomic mass is 9.84. The Morgan fingerprint density at radius 1 is 0.267 bits per heavy atom. The molecule has 0 saturated carbocycles. The van der Waals surface area contributed by atoms with E-state index in [9.17, 15) is 0 Å². The molecule has 0 spiro atoms. The first-order valence-electron chi connectivity index (χ1n) is 10.9. The Bertz CT molecular complexity index is 495. The molecule has 0 radical (unpaired) electrons. The number of nitrogens with zero attached hydrogens (tertiary/aromatic N) is 6. The highest BCUT2D eigenvalue weighted by Crippen LogP contribution is 2.33. The van der Waals surface area contributed by atoms with Gasteiger partial charge in [-0.05, 0) is 118 Å². The summed E-state index contributed by atoms with van der Waals surface area (Å²) >= 11 is 0. The molecule has 1 rings (SSSR count). The Balaban J connectivity index is 4.05. The summed E-state index contributed by atoms with van der Waals surface area (Å²) in [6.45, 7) is 5.81. The van der Waals surface area contributed by atoms with Crippen LogP contribution in [0.15, 0.2) is 0 Å². The van der Waals surface area contributed by atoms with E-state index < -0.39 is 0 Å². The molecule has 30 heavy (non-hydrogen) atoms. The van der Waals surface area contributed by atoms with E-state index in [2.05, 4.69) is 114 Å². The van der Waals surface area contributed by atoms with Gasteiger partial charge in [-0.2, -0.15) is 0 Å². The third kappa shape index (κ3) is 8.25. The van der Waals surface area contributed by atoms with E-state index in [0.29, 0.717) is 0 Å². The molecule has 1 aromatic carbocycles. The fourth-order valence-electron chi connectivity index (χ4n) is 4.14. The zero-order chi connectivity index (χ0) is 23.2.